The Kier molecular flexibility index (Phi) is 5.73. The number of rotatable bonds is 7. The topological polar surface area (TPSA) is 109 Å². The number of anilines is 1. The number of hydrogen-bond acceptors (Lipinski definition) is 7. The van der Waals surface area contributed by atoms with Crippen LogP contribution in [0.5, 0.6) is 0 Å². The average molecular weight is 403 g/mol. The van der Waals surface area contributed by atoms with Crippen molar-refractivity contribution < 1.29 is 23.9 Å². The van der Waals surface area contributed by atoms with Crippen molar-refractivity contribution in [3.8, 4) is 0 Å². The van der Waals surface area contributed by atoms with Gasteiger partial charge in [-0.3, -0.25) is 24.1 Å². The zero-order valence-electron chi connectivity index (χ0n) is 16.0. The Bertz CT molecular complexity index is 959. The van der Waals surface area contributed by atoms with E-state index in [1.165, 1.54) is 18.3 Å². The van der Waals surface area contributed by atoms with Gasteiger partial charge in [0.15, 0.2) is 17.5 Å². The molecule has 0 radical (unpaired) electrons. The Hall–Kier alpha value is -2.81. The van der Waals surface area contributed by atoms with Gasteiger partial charge >= 0.3 is 5.97 Å². The molecule has 1 fully saturated rings. The quantitative estimate of drug-likeness (QED) is 0.561. The highest BCUT2D eigenvalue weighted by molar-refractivity contribution is 7.14. The minimum absolute atomic E-state index is 0.0376. The predicted molar refractivity (Wildman–Crippen MR) is 103 cm³/mol. The molecule has 2 aromatic heterocycles. The lowest BCUT2D eigenvalue weighted by atomic mass is 10.1. The highest BCUT2D eigenvalue weighted by Crippen LogP contribution is 2.25. The van der Waals surface area contributed by atoms with E-state index in [1.54, 1.807) is 24.1 Å². The number of carbonyl (C=O) groups is 4. The monoisotopic (exact) mass is 403 g/mol. The number of ketones is 2. The van der Waals surface area contributed by atoms with Crippen LogP contribution in [0.2, 0.25) is 0 Å². The van der Waals surface area contributed by atoms with Crippen LogP contribution in [-0.4, -0.2) is 46.6 Å². The van der Waals surface area contributed by atoms with Crippen molar-refractivity contribution in [3.05, 3.63) is 33.6 Å². The number of nitrogens with one attached hydrogen (secondary N) is 1. The van der Waals surface area contributed by atoms with Gasteiger partial charge in [0.1, 0.15) is 0 Å². The van der Waals surface area contributed by atoms with Gasteiger partial charge in [-0.2, -0.15) is 0 Å². The summed E-state index contributed by atoms with van der Waals surface area (Å²) in [7, 11) is 0. The number of thiazole rings is 1. The first kappa shape index (κ1) is 19.9. The third-order valence-electron chi connectivity index (χ3n) is 4.60. The van der Waals surface area contributed by atoms with Crippen molar-refractivity contribution in [3.63, 3.8) is 0 Å². The van der Waals surface area contributed by atoms with Crippen LogP contribution in [0, 0.1) is 13.8 Å². The molecule has 1 amide bonds. The van der Waals surface area contributed by atoms with Crippen LogP contribution in [0.25, 0.3) is 0 Å². The number of Topliss-reactive ketones (excluding diaryl/α,β-unsaturated/α-hetero) is 2. The molecule has 2 aromatic rings. The number of amides is 1. The van der Waals surface area contributed by atoms with Crippen LogP contribution < -0.4 is 4.90 Å². The third-order valence-corrected chi connectivity index (χ3v) is 5.51. The van der Waals surface area contributed by atoms with Crippen molar-refractivity contribution in [2.45, 2.75) is 40.0 Å². The summed E-state index contributed by atoms with van der Waals surface area (Å²) in [5.74, 6) is -1.07. The summed E-state index contributed by atoms with van der Waals surface area (Å²) in [6, 6.07) is 0. The number of aryl methyl sites for hydroxylation is 1. The van der Waals surface area contributed by atoms with Crippen molar-refractivity contribution in [1.82, 2.24) is 9.97 Å². The summed E-state index contributed by atoms with van der Waals surface area (Å²) in [5.41, 5.74) is 2.44. The van der Waals surface area contributed by atoms with Gasteiger partial charge in [0, 0.05) is 29.6 Å². The molecule has 0 unspecified atom stereocenters. The lowest BCUT2D eigenvalue weighted by Crippen LogP contribution is -2.23. The van der Waals surface area contributed by atoms with Crippen LogP contribution in [-0.2, 0) is 20.7 Å². The minimum atomic E-state index is -0.578. The molecule has 0 bridgehead atoms. The number of aromatic nitrogens is 2. The summed E-state index contributed by atoms with van der Waals surface area (Å²) >= 11 is 1.31. The molecular formula is C19H21N3O5S. The SMILES string of the molecule is CC(=O)c1c(C)[nH]c(C(=O)COC(=O)Cc2csc(N3CCCC3=O)n2)c1C. The summed E-state index contributed by atoms with van der Waals surface area (Å²) in [5, 5.41) is 2.29. The molecule has 1 saturated heterocycles. The first-order valence-electron chi connectivity index (χ1n) is 8.91. The van der Waals surface area contributed by atoms with Crippen LogP contribution in [0.3, 0.4) is 0 Å². The standard InChI is InChI=1S/C19H21N3O5S/c1-10-17(12(3)23)11(2)20-18(10)14(24)8-27-16(26)7-13-9-28-19(21-13)22-6-4-5-15(22)25/h9,20H,4-8H2,1-3H3. The predicted octanol–water partition coefficient (Wildman–Crippen LogP) is 2.39. The fourth-order valence-corrected chi connectivity index (χ4v) is 4.19. The number of aromatic amines is 1. The molecule has 1 aliphatic heterocycles. The highest BCUT2D eigenvalue weighted by atomic mass is 32.1. The second-order valence-corrected chi connectivity index (χ2v) is 7.55. The zero-order chi connectivity index (χ0) is 20.4. The molecule has 1 aliphatic rings. The van der Waals surface area contributed by atoms with E-state index in [9.17, 15) is 19.2 Å². The van der Waals surface area contributed by atoms with E-state index in [0.29, 0.717) is 40.6 Å². The smallest absolute Gasteiger partial charge is 0.312 e. The first-order chi connectivity index (χ1) is 13.3. The van der Waals surface area contributed by atoms with Crippen molar-refractivity contribution >= 4 is 39.9 Å². The molecule has 3 rings (SSSR count). The maximum Gasteiger partial charge on any atom is 0.312 e. The van der Waals surface area contributed by atoms with Gasteiger partial charge in [0.2, 0.25) is 11.7 Å². The summed E-state index contributed by atoms with van der Waals surface area (Å²) in [6.07, 6.45) is 1.25. The fraction of sp³-hybridized carbons (Fsp3) is 0.421. The molecule has 9 heteroatoms. The highest BCUT2D eigenvalue weighted by Gasteiger charge is 2.25. The van der Waals surface area contributed by atoms with Gasteiger partial charge in [-0.25, -0.2) is 4.98 Å². The summed E-state index contributed by atoms with van der Waals surface area (Å²) < 4.78 is 5.07. The van der Waals surface area contributed by atoms with Gasteiger partial charge in [-0.15, -0.1) is 11.3 Å². The molecule has 0 aromatic carbocycles. The molecule has 0 atom stereocenters. The minimum Gasteiger partial charge on any atom is -0.457 e. The first-order valence-corrected chi connectivity index (χ1v) is 9.79. The molecule has 28 heavy (non-hydrogen) atoms. The van der Waals surface area contributed by atoms with E-state index in [0.717, 1.165) is 6.42 Å². The molecule has 0 spiro atoms. The van der Waals surface area contributed by atoms with Crippen molar-refractivity contribution in [1.29, 1.82) is 0 Å². The van der Waals surface area contributed by atoms with Gasteiger partial charge in [0.25, 0.3) is 0 Å². The molecular weight excluding hydrogens is 382 g/mol. The van der Waals surface area contributed by atoms with Gasteiger partial charge < -0.3 is 9.72 Å². The van der Waals surface area contributed by atoms with Gasteiger partial charge in [-0.05, 0) is 32.8 Å². The lowest BCUT2D eigenvalue weighted by Gasteiger charge is -2.10. The van der Waals surface area contributed by atoms with Crippen LogP contribution in [0.1, 0.15) is 57.6 Å². The Morgan fingerprint density at radius 3 is 2.68 bits per heavy atom. The number of H-pyrrole nitrogens is 1. The Balaban J connectivity index is 1.57. The van der Waals surface area contributed by atoms with E-state index in [1.807, 2.05) is 0 Å². The van der Waals surface area contributed by atoms with Gasteiger partial charge in [0.05, 0.1) is 17.8 Å². The Morgan fingerprint density at radius 1 is 1.32 bits per heavy atom. The molecule has 0 saturated carbocycles. The zero-order valence-corrected chi connectivity index (χ0v) is 16.8. The number of esters is 1. The molecule has 1 N–H and O–H groups in total. The fourth-order valence-electron chi connectivity index (χ4n) is 3.33. The lowest BCUT2D eigenvalue weighted by molar-refractivity contribution is -0.141. The molecule has 8 nitrogen and oxygen atoms in total. The van der Waals surface area contributed by atoms with Crippen LogP contribution >= 0.6 is 11.3 Å². The molecule has 3 heterocycles. The van der Waals surface area contributed by atoms with Crippen LogP contribution in [0.15, 0.2) is 5.38 Å². The second kappa shape index (κ2) is 8.05. The van der Waals surface area contributed by atoms with E-state index in [2.05, 4.69) is 9.97 Å². The van der Waals surface area contributed by atoms with E-state index < -0.39 is 18.4 Å². The average Bonchev–Trinajstić information content (AvgIpc) is 3.32. The largest absolute Gasteiger partial charge is 0.457 e. The van der Waals surface area contributed by atoms with E-state index in [4.69, 9.17) is 4.74 Å². The maximum atomic E-state index is 12.3. The van der Waals surface area contributed by atoms with E-state index in [-0.39, 0.29) is 23.8 Å². The molecule has 148 valence electrons. The van der Waals surface area contributed by atoms with Gasteiger partial charge in [-0.1, -0.05) is 0 Å². The normalized spacial score (nSPS) is 13.8. The van der Waals surface area contributed by atoms with Crippen molar-refractivity contribution in [2.75, 3.05) is 18.1 Å². The van der Waals surface area contributed by atoms with E-state index >= 15 is 0 Å². The summed E-state index contributed by atoms with van der Waals surface area (Å²) in [6.45, 7) is 5.07. The number of nitrogens with zero attached hydrogens (tertiary/aromatic N) is 2. The molecule has 0 aliphatic carbocycles. The number of ether oxygens (including phenoxy) is 1. The maximum absolute atomic E-state index is 12.3. The Morgan fingerprint density at radius 2 is 2.07 bits per heavy atom. The second-order valence-electron chi connectivity index (χ2n) is 6.71. The van der Waals surface area contributed by atoms with Crippen LogP contribution in [0.4, 0.5) is 5.13 Å². The number of carbonyl (C=O) groups excluding carboxylic acids is 4. The summed E-state index contributed by atoms with van der Waals surface area (Å²) in [4.78, 5) is 56.6. The number of hydrogen-bond donors (Lipinski definition) is 1. The Labute approximate surface area is 165 Å². The van der Waals surface area contributed by atoms with Crippen molar-refractivity contribution in [2.24, 2.45) is 0 Å². The third kappa shape index (κ3) is 4.04.